The van der Waals surface area contributed by atoms with E-state index in [1.54, 1.807) is 0 Å². The summed E-state index contributed by atoms with van der Waals surface area (Å²) in [4.78, 5) is 47.1. The van der Waals surface area contributed by atoms with Crippen molar-refractivity contribution in [2.75, 3.05) is 13.1 Å². The first-order valence-corrected chi connectivity index (χ1v) is 6.47. The molecule has 2 N–H and O–H groups in total. The molecule has 0 aliphatic carbocycles. The van der Waals surface area contributed by atoms with Crippen LogP contribution in [0.1, 0.15) is 12.8 Å². The zero-order valence-corrected chi connectivity index (χ0v) is 11.8. The van der Waals surface area contributed by atoms with Gasteiger partial charge < -0.3 is 10.6 Å². The highest BCUT2D eigenvalue weighted by atomic mass is 16.2. The molecule has 0 aromatic heterocycles. The van der Waals surface area contributed by atoms with Crippen molar-refractivity contribution in [1.29, 1.82) is 0 Å². The van der Waals surface area contributed by atoms with Crippen molar-refractivity contribution < 1.29 is 19.2 Å². The van der Waals surface area contributed by atoms with Crippen molar-refractivity contribution in [1.82, 2.24) is 15.5 Å². The van der Waals surface area contributed by atoms with Crippen molar-refractivity contribution in [3.8, 4) is 24.7 Å². The summed E-state index contributed by atoms with van der Waals surface area (Å²) in [6, 6.07) is -0.908. The van der Waals surface area contributed by atoms with E-state index in [2.05, 4.69) is 22.5 Å². The van der Waals surface area contributed by atoms with Gasteiger partial charge >= 0.3 is 0 Å². The van der Waals surface area contributed by atoms with Crippen molar-refractivity contribution in [2.45, 2.75) is 18.9 Å². The van der Waals surface area contributed by atoms with Gasteiger partial charge in [0.25, 0.3) is 11.8 Å². The molecule has 4 amide bonds. The summed E-state index contributed by atoms with van der Waals surface area (Å²) in [5, 5.41) is 4.87. The van der Waals surface area contributed by atoms with Crippen LogP contribution in [0.4, 0.5) is 0 Å². The van der Waals surface area contributed by atoms with Crippen LogP contribution in [0.15, 0.2) is 12.2 Å². The van der Waals surface area contributed by atoms with Crippen LogP contribution >= 0.6 is 0 Å². The lowest BCUT2D eigenvalue weighted by molar-refractivity contribution is -0.137. The Morgan fingerprint density at radius 3 is 2.36 bits per heavy atom. The largest absolute Gasteiger partial charge is 0.343 e. The smallest absolute Gasteiger partial charge is 0.253 e. The molecule has 0 fully saturated rings. The summed E-state index contributed by atoms with van der Waals surface area (Å²) >= 11 is 0. The first-order valence-electron chi connectivity index (χ1n) is 6.47. The summed E-state index contributed by atoms with van der Waals surface area (Å²) < 4.78 is 0. The number of nitrogens with one attached hydrogen (secondary N) is 2. The predicted octanol–water partition coefficient (Wildman–Crippen LogP) is -1.44. The second kappa shape index (κ2) is 8.28. The minimum Gasteiger partial charge on any atom is -0.343 e. The molecule has 0 saturated heterocycles. The Morgan fingerprint density at radius 1 is 1.18 bits per heavy atom. The molecule has 1 heterocycles. The summed E-state index contributed by atoms with van der Waals surface area (Å²) in [5.74, 6) is 2.60. The van der Waals surface area contributed by atoms with Gasteiger partial charge in [0.2, 0.25) is 11.8 Å². The molecular weight excluding hydrogens is 286 g/mol. The number of nitrogens with zero attached hydrogens (tertiary/aromatic N) is 1. The molecule has 7 nitrogen and oxygen atoms in total. The van der Waals surface area contributed by atoms with Crippen LogP contribution in [0.3, 0.4) is 0 Å². The highest BCUT2D eigenvalue weighted by Crippen LogP contribution is 2.04. The number of hydrogen-bond donors (Lipinski definition) is 2. The topological polar surface area (TPSA) is 95.6 Å². The Kier molecular flexibility index (Phi) is 6.39. The van der Waals surface area contributed by atoms with Crippen LogP contribution in [0.5, 0.6) is 0 Å². The Labute approximate surface area is 128 Å². The van der Waals surface area contributed by atoms with E-state index in [-0.39, 0.29) is 25.9 Å². The molecule has 1 aliphatic heterocycles. The summed E-state index contributed by atoms with van der Waals surface area (Å²) in [5.41, 5.74) is 0. The average Bonchev–Trinajstić information content (AvgIpc) is 2.81. The highest BCUT2D eigenvalue weighted by molar-refractivity contribution is 6.13. The van der Waals surface area contributed by atoms with Gasteiger partial charge in [-0.3, -0.25) is 24.1 Å². The maximum Gasteiger partial charge on any atom is 0.253 e. The summed E-state index contributed by atoms with van der Waals surface area (Å²) in [6.07, 6.45) is 12.3. The summed E-state index contributed by atoms with van der Waals surface area (Å²) in [6.45, 7) is -0.0382. The minimum absolute atomic E-state index is 0.00523. The van der Waals surface area contributed by atoms with Gasteiger partial charge in [0.15, 0.2) is 0 Å². The SMILES string of the molecule is C#CCNC(=O)[C@@H](CC#C)NC(=O)CCN1C(=O)C=CC1=O. The fourth-order valence-electron chi connectivity index (χ4n) is 1.72. The van der Waals surface area contributed by atoms with Crippen LogP contribution in [0, 0.1) is 24.7 Å². The fraction of sp³-hybridized carbons (Fsp3) is 0.333. The van der Waals surface area contributed by atoms with Gasteiger partial charge in [-0.25, -0.2) is 0 Å². The van der Waals surface area contributed by atoms with E-state index in [0.717, 1.165) is 17.1 Å². The molecular formula is C15H15N3O4. The zero-order chi connectivity index (χ0) is 16.5. The van der Waals surface area contributed by atoms with E-state index < -0.39 is 29.7 Å². The Hall–Kier alpha value is -3.06. The Balaban J connectivity index is 2.48. The summed E-state index contributed by atoms with van der Waals surface area (Å²) in [7, 11) is 0. The van der Waals surface area contributed by atoms with Crippen molar-refractivity contribution in [3.05, 3.63) is 12.2 Å². The number of rotatable bonds is 7. The van der Waals surface area contributed by atoms with Gasteiger partial charge in [-0.1, -0.05) is 5.92 Å². The molecule has 1 aliphatic rings. The first kappa shape index (κ1) is 17.0. The molecule has 0 spiro atoms. The lowest BCUT2D eigenvalue weighted by Crippen LogP contribution is -2.47. The monoisotopic (exact) mass is 301 g/mol. The number of terminal acetylenes is 2. The Bertz CT molecular complexity index is 577. The second-order valence-electron chi connectivity index (χ2n) is 4.36. The zero-order valence-electron chi connectivity index (χ0n) is 11.8. The molecule has 0 aromatic carbocycles. The Morgan fingerprint density at radius 2 is 1.82 bits per heavy atom. The third-order valence-electron chi connectivity index (χ3n) is 2.80. The number of amides is 4. The number of hydrogen-bond acceptors (Lipinski definition) is 4. The normalized spacial score (nSPS) is 14.2. The van der Waals surface area contributed by atoms with Crippen LogP contribution < -0.4 is 10.6 Å². The van der Waals surface area contributed by atoms with E-state index in [1.165, 1.54) is 0 Å². The third kappa shape index (κ3) is 4.80. The first-order chi connectivity index (χ1) is 10.5. The molecule has 0 bridgehead atoms. The molecule has 0 aromatic rings. The molecule has 22 heavy (non-hydrogen) atoms. The number of carbonyl (C=O) groups excluding carboxylic acids is 4. The minimum atomic E-state index is -0.908. The van der Waals surface area contributed by atoms with E-state index in [0.29, 0.717) is 0 Å². The number of carbonyl (C=O) groups is 4. The standard InChI is InChI=1S/C15H15N3O4/c1-3-5-11(15(22)16-9-4-2)17-12(19)8-10-18-13(20)6-7-14(18)21/h1-2,6-7,11H,5,8-10H2,(H,16,22)(H,17,19)/t11-/m1/s1. The van der Waals surface area contributed by atoms with E-state index in [1.807, 2.05) is 0 Å². The highest BCUT2D eigenvalue weighted by Gasteiger charge is 2.25. The molecule has 1 atom stereocenters. The maximum absolute atomic E-state index is 11.8. The molecule has 0 saturated carbocycles. The van der Waals surface area contributed by atoms with Crippen LogP contribution in [0.25, 0.3) is 0 Å². The quantitative estimate of drug-likeness (QED) is 0.445. The lowest BCUT2D eigenvalue weighted by atomic mass is 10.2. The van der Waals surface area contributed by atoms with E-state index >= 15 is 0 Å². The van der Waals surface area contributed by atoms with E-state index in [4.69, 9.17) is 12.8 Å². The van der Waals surface area contributed by atoms with Crippen LogP contribution in [-0.2, 0) is 19.2 Å². The van der Waals surface area contributed by atoms with Crippen molar-refractivity contribution >= 4 is 23.6 Å². The van der Waals surface area contributed by atoms with Crippen LogP contribution in [0.2, 0.25) is 0 Å². The fourth-order valence-corrected chi connectivity index (χ4v) is 1.72. The molecule has 7 heteroatoms. The molecule has 1 rings (SSSR count). The van der Waals surface area contributed by atoms with Gasteiger partial charge in [-0.15, -0.1) is 18.8 Å². The number of imide groups is 1. The van der Waals surface area contributed by atoms with Gasteiger partial charge in [-0.2, -0.15) is 0 Å². The van der Waals surface area contributed by atoms with Gasteiger partial charge in [-0.05, 0) is 0 Å². The lowest BCUT2D eigenvalue weighted by Gasteiger charge is -2.17. The van der Waals surface area contributed by atoms with E-state index in [9.17, 15) is 19.2 Å². The average molecular weight is 301 g/mol. The van der Waals surface area contributed by atoms with Crippen molar-refractivity contribution in [3.63, 3.8) is 0 Å². The van der Waals surface area contributed by atoms with Gasteiger partial charge in [0.1, 0.15) is 6.04 Å². The van der Waals surface area contributed by atoms with Gasteiger partial charge in [0, 0.05) is 31.5 Å². The second-order valence-corrected chi connectivity index (χ2v) is 4.36. The molecule has 0 unspecified atom stereocenters. The van der Waals surface area contributed by atoms with Crippen molar-refractivity contribution in [2.24, 2.45) is 0 Å². The predicted molar refractivity (Wildman–Crippen MR) is 77.7 cm³/mol. The molecule has 114 valence electrons. The van der Waals surface area contributed by atoms with Crippen LogP contribution in [-0.4, -0.2) is 47.7 Å². The third-order valence-corrected chi connectivity index (χ3v) is 2.80. The van der Waals surface area contributed by atoms with Gasteiger partial charge in [0.05, 0.1) is 6.54 Å². The maximum atomic E-state index is 11.8. The molecule has 0 radical (unpaired) electrons.